The molecule has 0 aliphatic carbocycles. The van der Waals surface area contributed by atoms with Gasteiger partial charge < -0.3 is 10.1 Å². The van der Waals surface area contributed by atoms with Gasteiger partial charge in [-0.05, 0) is 43.7 Å². The maximum Gasteiger partial charge on any atom is 0.123 e. The van der Waals surface area contributed by atoms with Gasteiger partial charge >= 0.3 is 0 Å². The first kappa shape index (κ1) is 14.6. The number of ether oxygens (including phenoxy) is 1. The number of nitrogens with one attached hydrogen (secondary N) is 2. The van der Waals surface area contributed by atoms with E-state index in [0.29, 0.717) is 6.61 Å². The Morgan fingerprint density at radius 1 is 1.18 bits per heavy atom. The first-order chi connectivity index (χ1) is 10.9. The molecule has 2 aromatic carbocycles. The number of H-pyrrole nitrogens is 1. The summed E-state index contributed by atoms with van der Waals surface area (Å²) >= 11 is 0. The highest BCUT2D eigenvalue weighted by Gasteiger charge is 2.02. The third-order valence-corrected chi connectivity index (χ3v) is 3.68. The number of benzene rings is 2. The van der Waals surface area contributed by atoms with E-state index in [1.54, 1.807) is 0 Å². The van der Waals surface area contributed by atoms with Crippen molar-refractivity contribution in [2.45, 2.75) is 19.9 Å². The van der Waals surface area contributed by atoms with Crippen molar-refractivity contribution in [2.75, 3.05) is 13.2 Å². The Balaban J connectivity index is 1.53. The minimum absolute atomic E-state index is 0.696. The van der Waals surface area contributed by atoms with Gasteiger partial charge in [0, 0.05) is 17.5 Å². The Bertz CT molecular complexity index is 736. The van der Waals surface area contributed by atoms with E-state index in [-0.39, 0.29) is 0 Å². The highest BCUT2D eigenvalue weighted by Crippen LogP contribution is 2.17. The Hall–Kier alpha value is -2.33. The van der Waals surface area contributed by atoms with E-state index in [0.717, 1.165) is 30.8 Å². The summed E-state index contributed by atoms with van der Waals surface area (Å²) in [7, 11) is 0. The van der Waals surface area contributed by atoms with Crippen LogP contribution in [0.2, 0.25) is 0 Å². The molecule has 0 bridgehead atoms. The van der Waals surface area contributed by atoms with E-state index < -0.39 is 0 Å². The van der Waals surface area contributed by atoms with Crippen LogP contribution in [0.25, 0.3) is 10.9 Å². The molecule has 2 N–H and O–H groups in total. The quantitative estimate of drug-likeness (QED) is 0.658. The minimum Gasteiger partial charge on any atom is -0.494 e. The topological polar surface area (TPSA) is 49.9 Å². The van der Waals surface area contributed by atoms with Crippen LogP contribution in [0.1, 0.15) is 18.1 Å². The molecule has 0 spiro atoms. The van der Waals surface area contributed by atoms with Crippen LogP contribution in [-0.2, 0) is 13.0 Å². The van der Waals surface area contributed by atoms with Crippen LogP contribution in [0.5, 0.6) is 5.75 Å². The fourth-order valence-corrected chi connectivity index (χ4v) is 2.55. The summed E-state index contributed by atoms with van der Waals surface area (Å²) in [6, 6.07) is 14.6. The molecule has 0 aliphatic heterocycles. The van der Waals surface area contributed by atoms with Crippen LogP contribution < -0.4 is 10.1 Å². The Kier molecular flexibility index (Phi) is 4.71. The van der Waals surface area contributed by atoms with Gasteiger partial charge in [-0.15, -0.1) is 0 Å². The lowest BCUT2D eigenvalue weighted by molar-refractivity contribution is 0.335. The van der Waals surface area contributed by atoms with Crippen LogP contribution >= 0.6 is 0 Å². The summed E-state index contributed by atoms with van der Waals surface area (Å²) in [6.45, 7) is 4.46. The monoisotopic (exact) mass is 295 g/mol. The number of hydrogen-bond acceptors (Lipinski definition) is 3. The summed E-state index contributed by atoms with van der Waals surface area (Å²) in [5, 5.41) is 11.7. The van der Waals surface area contributed by atoms with Crippen molar-refractivity contribution in [3.63, 3.8) is 0 Å². The summed E-state index contributed by atoms with van der Waals surface area (Å²) in [6.07, 6.45) is 2.86. The van der Waals surface area contributed by atoms with Crippen molar-refractivity contribution in [1.82, 2.24) is 15.5 Å². The van der Waals surface area contributed by atoms with Gasteiger partial charge in [0.05, 0.1) is 18.3 Å². The zero-order valence-corrected chi connectivity index (χ0v) is 12.8. The lowest BCUT2D eigenvalue weighted by Crippen LogP contribution is -2.17. The second-order valence-corrected chi connectivity index (χ2v) is 5.26. The zero-order valence-electron chi connectivity index (χ0n) is 12.8. The van der Waals surface area contributed by atoms with Gasteiger partial charge in [0.15, 0.2) is 0 Å². The lowest BCUT2D eigenvalue weighted by atomic mass is 10.1. The molecule has 0 saturated heterocycles. The summed E-state index contributed by atoms with van der Waals surface area (Å²) < 4.78 is 5.64. The van der Waals surface area contributed by atoms with Crippen molar-refractivity contribution in [2.24, 2.45) is 0 Å². The van der Waals surface area contributed by atoms with Crippen LogP contribution in [0.4, 0.5) is 0 Å². The zero-order chi connectivity index (χ0) is 15.2. The number of hydrogen-bond donors (Lipinski definition) is 2. The maximum atomic E-state index is 5.64. The molecule has 0 atom stereocenters. The molecule has 0 saturated carbocycles. The number of rotatable bonds is 7. The highest BCUT2D eigenvalue weighted by atomic mass is 16.5. The fourth-order valence-electron chi connectivity index (χ4n) is 2.55. The van der Waals surface area contributed by atoms with Gasteiger partial charge in [0.2, 0.25) is 0 Å². The first-order valence-electron chi connectivity index (χ1n) is 7.70. The Morgan fingerprint density at radius 3 is 3.00 bits per heavy atom. The van der Waals surface area contributed by atoms with Crippen molar-refractivity contribution in [3.8, 4) is 5.75 Å². The molecule has 3 rings (SSSR count). The third kappa shape index (κ3) is 3.46. The molecule has 4 nitrogen and oxygen atoms in total. The first-order valence-corrected chi connectivity index (χ1v) is 7.70. The molecule has 0 fully saturated rings. The molecule has 22 heavy (non-hydrogen) atoms. The van der Waals surface area contributed by atoms with Crippen LogP contribution in [0.3, 0.4) is 0 Å². The predicted octanol–water partition coefficient (Wildman–Crippen LogP) is 3.29. The van der Waals surface area contributed by atoms with Crippen molar-refractivity contribution < 1.29 is 4.74 Å². The van der Waals surface area contributed by atoms with E-state index >= 15 is 0 Å². The number of para-hydroxylation sites is 1. The van der Waals surface area contributed by atoms with Gasteiger partial charge in [-0.3, -0.25) is 5.10 Å². The van der Waals surface area contributed by atoms with E-state index in [1.807, 2.05) is 31.3 Å². The van der Waals surface area contributed by atoms with Gasteiger partial charge in [-0.25, -0.2) is 0 Å². The van der Waals surface area contributed by atoms with Crippen LogP contribution in [-0.4, -0.2) is 23.3 Å². The largest absolute Gasteiger partial charge is 0.494 e. The molecule has 0 amide bonds. The Labute approximate surface area is 130 Å². The molecule has 0 radical (unpaired) electrons. The van der Waals surface area contributed by atoms with Crippen molar-refractivity contribution in [3.05, 3.63) is 59.8 Å². The van der Waals surface area contributed by atoms with Gasteiger partial charge in [-0.1, -0.05) is 24.3 Å². The van der Waals surface area contributed by atoms with Crippen molar-refractivity contribution >= 4 is 10.9 Å². The molecule has 114 valence electrons. The molecular weight excluding hydrogens is 274 g/mol. The average Bonchev–Trinajstić information content (AvgIpc) is 3.01. The van der Waals surface area contributed by atoms with E-state index in [2.05, 4.69) is 39.8 Å². The predicted molar refractivity (Wildman–Crippen MR) is 89.1 cm³/mol. The van der Waals surface area contributed by atoms with Gasteiger partial charge in [0.1, 0.15) is 5.75 Å². The van der Waals surface area contributed by atoms with Crippen molar-refractivity contribution in [1.29, 1.82) is 0 Å². The summed E-state index contributed by atoms with van der Waals surface area (Å²) in [4.78, 5) is 0. The molecule has 0 unspecified atom stereocenters. The number of fused-ring (bicyclic) bond motifs is 1. The lowest BCUT2D eigenvalue weighted by Gasteiger charge is -2.11. The van der Waals surface area contributed by atoms with E-state index in [9.17, 15) is 0 Å². The van der Waals surface area contributed by atoms with Gasteiger partial charge in [-0.2, -0.15) is 5.10 Å². The van der Waals surface area contributed by atoms with Gasteiger partial charge in [0.25, 0.3) is 0 Å². The number of aromatic nitrogens is 2. The summed E-state index contributed by atoms with van der Waals surface area (Å²) in [5.74, 6) is 0.970. The molecular formula is C18H21N3O. The summed E-state index contributed by atoms with van der Waals surface area (Å²) in [5.41, 5.74) is 3.61. The molecule has 1 aromatic heterocycles. The molecule has 3 aromatic rings. The normalized spacial score (nSPS) is 11.0. The van der Waals surface area contributed by atoms with E-state index in [4.69, 9.17) is 4.74 Å². The SMILES string of the molecule is CCOc1ccccc1CNCCc1ccc2[nH]ncc2c1. The number of nitrogens with zero attached hydrogens (tertiary/aromatic N) is 1. The molecule has 0 aliphatic rings. The second kappa shape index (κ2) is 7.09. The van der Waals surface area contributed by atoms with Crippen LogP contribution in [0.15, 0.2) is 48.7 Å². The van der Waals surface area contributed by atoms with E-state index in [1.165, 1.54) is 16.5 Å². The molecule has 4 heteroatoms. The standard InChI is InChI=1S/C18H21N3O/c1-2-22-18-6-4-3-5-15(18)12-19-10-9-14-7-8-17-16(11-14)13-20-21-17/h3-8,11,13,19H,2,9-10,12H2,1H3,(H,20,21). The third-order valence-electron chi connectivity index (χ3n) is 3.68. The second-order valence-electron chi connectivity index (χ2n) is 5.26. The average molecular weight is 295 g/mol. The number of aromatic amines is 1. The molecule has 1 heterocycles. The minimum atomic E-state index is 0.696. The highest BCUT2D eigenvalue weighted by molar-refractivity contribution is 5.78. The maximum absolute atomic E-state index is 5.64. The fraction of sp³-hybridized carbons (Fsp3) is 0.278. The van der Waals surface area contributed by atoms with Crippen LogP contribution in [0, 0.1) is 0 Å². The Morgan fingerprint density at radius 2 is 2.09 bits per heavy atom. The smallest absolute Gasteiger partial charge is 0.123 e.